The monoisotopic (exact) mass is 281 g/mol. The van der Waals surface area contributed by atoms with Crippen LogP contribution in [-0.4, -0.2) is 31.3 Å². The molecule has 1 atom stereocenters. The summed E-state index contributed by atoms with van der Waals surface area (Å²) in [5.41, 5.74) is 1.03. The van der Waals surface area contributed by atoms with E-state index in [-0.39, 0.29) is 18.4 Å². The first-order valence-corrected chi connectivity index (χ1v) is 6.64. The van der Waals surface area contributed by atoms with Gasteiger partial charge >= 0.3 is 5.97 Å². The van der Waals surface area contributed by atoms with Crippen molar-refractivity contribution in [2.45, 2.75) is 32.9 Å². The lowest BCUT2D eigenvalue weighted by Gasteiger charge is -2.21. The maximum atomic E-state index is 10.8. The van der Waals surface area contributed by atoms with Gasteiger partial charge in [-0.15, -0.1) is 0 Å². The Labute approximate surface area is 119 Å². The zero-order chi connectivity index (χ0) is 15.1. The minimum Gasteiger partial charge on any atom is -0.493 e. The van der Waals surface area contributed by atoms with Crippen LogP contribution in [0.3, 0.4) is 0 Å². The molecule has 0 saturated heterocycles. The van der Waals surface area contributed by atoms with Crippen LogP contribution in [0.5, 0.6) is 11.5 Å². The number of rotatable bonds is 8. The summed E-state index contributed by atoms with van der Waals surface area (Å²) in [6, 6.07) is 5.62. The molecule has 2 N–H and O–H groups in total. The third kappa shape index (κ3) is 4.74. The lowest BCUT2D eigenvalue weighted by molar-refractivity contribution is -0.137. The molecule has 0 aliphatic rings. The fraction of sp³-hybridized carbons (Fsp3) is 0.533. The zero-order valence-electron chi connectivity index (χ0n) is 12.5. The van der Waals surface area contributed by atoms with Gasteiger partial charge in [-0.05, 0) is 23.6 Å². The third-order valence-electron chi connectivity index (χ3n) is 3.22. The predicted octanol–water partition coefficient (Wildman–Crippen LogP) is 2.29. The summed E-state index contributed by atoms with van der Waals surface area (Å²) in [4.78, 5) is 10.8. The average molecular weight is 281 g/mol. The van der Waals surface area contributed by atoms with Crippen molar-refractivity contribution in [1.82, 2.24) is 5.32 Å². The Morgan fingerprint density at radius 2 is 1.90 bits per heavy atom. The van der Waals surface area contributed by atoms with Crippen molar-refractivity contribution >= 4 is 5.97 Å². The number of carboxylic acid groups (broad SMARTS) is 1. The second kappa shape index (κ2) is 7.75. The zero-order valence-corrected chi connectivity index (χ0v) is 12.5. The molecular weight excluding hydrogens is 258 g/mol. The van der Waals surface area contributed by atoms with Crippen molar-refractivity contribution in [1.29, 1.82) is 0 Å². The van der Waals surface area contributed by atoms with Crippen molar-refractivity contribution in [3.63, 3.8) is 0 Å². The molecule has 0 aromatic heterocycles. The van der Waals surface area contributed by atoms with E-state index in [2.05, 4.69) is 5.32 Å². The molecule has 5 nitrogen and oxygen atoms in total. The molecule has 0 saturated carbocycles. The molecule has 0 bridgehead atoms. The first-order valence-electron chi connectivity index (χ1n) is 6.64. The lowest BCUT2D eigenvalue weighted by Crippen LogP contribution is -2.35. The fourth-order valence-corrected chi connectivity index (χ4v) is 1.97. The number of carboxylic acids is 1. The number of aliphatic carboxylic acids is 1. The molecule has 1 aromatic carbocycles. The molecule has 0 spiro atoms. The van der Waals surface area contributed by atoms with Crippen LogP contribution >= 0.6 is 0 Å². The third-order valence-corrected chi connectivity index (χ3v) is 3.22. The minimum absolute atomic E-state index is 0.0550. The Morgan fingerprint density at radius 3 is 2.40 bits per heavy atom. The molecule has 0 unspecified atom stereocenters. The van der Waals surface area contributed by atoms with Gasteiger partial charge in [0.15, 0.2) is 11.5 Å². The van der Waals surface area contributed by atoms with E-state index in [9.17, 15) is 4.79 Å². The van der Waals surface area contributed by atoms with Crippen molar-refractivity contribution in [2.24, 2.45) is 5.92 Å². The van der Waals surface area contributed by atoms with E-state index in [4.69, 9.17) is 14.6 Å². The van der Waals surface area contributed by atoms with Crippen molar-refractivity contribution in [3.8, 4) is 11.5 Å². The summed E-state index contributed by atoms with van der Waals surface area (Å²) in [5.74, 6) is 0.822. The van der Waals surface area contributed by atoms with E-state index < -0.39 is 5.97 Å². The van der Waals surface area contributed by atoms with Gasteiger partial charge in [0.05, 0.1) is 20.6 Å². The van der Waals surface area contributed by atoms with Crippen molar-refractivity contribution < 1.29 is 19.4 Å². The van der Waals surface area contributed by atoms with Gasteiger partial charge in [0, 0.05) is 12.6 Å². The summed E-state index contributed by atoms with van der Waals surface area (Å²) in [6.45, 7) is 4.61. The highest BCUT2D eigenvalue weighted by Gasteiger charge is 2.16. The van der Waals surface area contributed by atoms with Crippen LogP contribution in [0, 0.1) is 5.92 Å². The van der Waals surface area contributed by atoms with Gasteiger partial charge in [0.25, 0.3) is 0 Å². The Kier molecular flexibility index (Phi) is 6.31. The first-order chi connectivity index (χ1) is 9.47. The Hall–Kier alpha value is -1.75. The largest absolute Gasteiger partial charge is 0.493 e. The molecule has 0 heterocycles. The highest BCUT2D eigenvalue weighted by molar-refractivity contribution is 5.67. The lowest BCUT2D eigenvalue weighted by atomic mass is 10.0. The van der Waals surface area contributed by atoms with Gasteiger partial charge in [-0.2, -0.15) is 0 Å². The average Bonchev–Trinajstić information content (AvgIpc) is 2.42. The highest BCUT2D eigenvalue weighted by atomic mass is 16.5. The SMILES string of the molecule is COc1ccc(CN[C@@H](CC(=O)O)C(C)C)cc1OC. The fourth-order valence-electron chi connectivity index (χ4n) is 1.97. The highest BCUT2D eigenvalue weighted by Crippen LogP contribution is 2.27. The summed E-state index contributed by atoms with van der Waals surface area (Å²) in [5, 5.41) is 12.2. The van der Waals surface area contributed by atoms with E-state index in [1.54, 1.807) is 14.2 Å². The number of nitrogens with one attached hydrogen (secondary N) is 1. The van der Waals surface area contributed by atoms with Gasteiger partial charge in [0.2, 0.25) is 0 Å². The molecule has 0 amide bonds. The number of benzene rings is 1. The standard InChI is InChI=1S/C15H23NO4/c1-10(2)12(8-15(17)18)16-9-11-5-6-13(19-3)14(7-11)20-4/h5-7,10,12,16H,8-9H2,1-4H3,(H,17,18)/t12-/m0/s1. The first kappa shape index (κ1) is 16.3. The summed E-state index contributed by atoms with van der Waals surface area (Å²) >= 11 is 0. The van der Waals surface area contributed by atoms with E-state index in [1.165, 1.54) is 0 Å². The van der Waals surface area contributed by atoms with Crippen LogP contribution in [0.2, 0.25) is 0 Å². The predicted molar refractivity (Wildman–Crippen MR) is 77.3 cm³/mol. The van der Waals surface area contributed by atoms with Crippen molar-refractivity contribution in [3.05, 3.63) is 23.8 Å². The van der Waals surface area contributed by atoms with E-state index in [1.807, 2.05) is 32.0 Å². The number of hydrogen-bond acceptors (Lipinski definition) is 4. The van der Waals surface area contributed by atoms with Gasteiger partial charge in [-0.3, -0.25) is 4.79 Å². The second-order valence-electron chi connectivity index (χ2n) is 5.02. The maximum absolute atomic E-state index is 10.8. The topological polar surface area (TPSA) is 67.8 Å². The van der Waals surface area contributed by atoms with E-state index in [0.29, 0.717) is 18.0 Å². The molecule has 5 heteroatoms. The van der Waals surface area contributed by atoms with Crippen LogP contribution in [-0.2, 0) is 11.3 Å². The van der Waals surface area contributed by atoms with Gasteiger partial charge in [-0.1, -0.05) is 19.9 Å². The maximum Gasteiger partial charge on any atom is 0.304 e. The molecule has 1 rings (SSSR count). The number of methoxy groups -OCH3 is 2. The summed E-state index contributed by atoms with van der Waals surface area (Å²) in [6.07, 6.45) is 0.116. The molecule has 20 heavy (non-hydrogen) atoms. The molecule has 0 fully saturated rings. The van der Waals surface area contributed by atoms with Gasteiger partial charge in [0.1, 0.15) is 0 Å². The van der Waals surface area contributed by atoms with Gasteiger partial charge in [-0.25, -0.2) is 0 Å². The minimum atomic E-state index is -0.788. The smallest absolute Gasteiger partial charge is 0.304 e. The number of carbonyl (C=O) groups is 1. The van der Waals surface area contributed by atoms with E-state index in [0.717, 1.165) is 5.56 Å². The van der Waals surface area contributed by atoms with Crippen LogP contribution in [0.25, 0.3) is 0 Å². The molecule has 0 aliphatic carbocycles. The summed E-state index contributed by atoms with van der Waals surface area (Å²) in [7, 11) is 3.19. The number of ether oxygens (including phenoxy) is 2. The Morgan fingerprint density at radius 1 is 1.25 bits per heavy atom. The number of hydrogen-bond donors (Lipinski definition) is 2. The Bertz CT molecular complexity index is 445. The summed E-state index contributed by atoms with van der Waals surface area (Å²) < 4.78 is 10.4. The normalized spacial score (nSPS) is 12.2. The Balaban J connectivity index is 2.70. The quantitative estimate of drug-likeness (QED) is 0.765. The van der Waals surface area contributed by atoms with Crippen LogP contribution in [0.1, 0.15) is 25.8 Å². The van der Waals surface area contributed by atoms with Crippen molar-refractivity contribution in [2.75, 3.05) is 14.2 Å². The molecule has 0 aliphatic heterocycles. The van der Waals surface area contributed by atoms with Crippen LogP contribution in [0.4, 0.5) is 0 Å². The molecule has 1 aromatic rings. The van der Waals surface area contributed by atoms with Crippen LogP contribution < -0.4 is 14.8 Å². The second-order valence-corrected chi connectivity index (χ2v) is 5.02. The molecular formula is C15H23NO4. The van der Waals surface area contributed by atoms with Crippen LogP contribution in [0.15, 0.2) is 18.2 Å². The van der Waals surface area contributed by atoms with Gasteiger partial charge < -0.3 is 19.9 Å². The van der Waals surface area contributed by atoms with E-state index >= 15 is 0 Å². The molecule has 0 radical (unpaired) electrons. The molecule has 112 valence electrons.